The zero-order chi connectivity index (χ0) is 9.42. The molecule has 0 amide bonds. The molecular weight excluding hydrogens is 212 g/mol. The Morgan fingerprint density at radius 1 is 1.69 bits per heavy atom. The van der Waals surface area contributed by atoms with E-state index in [0.29, 0.717) is 29.4 Å². The Morgan fingerprint density at radius 2 is 2.38 bits per heavy atom. The minimum absolute atomic E-state index is 0.247. The number of aromatic nitrogens is 1. The van der Waals surface area contributed by atoms with Crippen molar-refractivity contribution in [3.63, 3.8) is 0 Å². The fourth-order valence-corrected chi connectivity index (χ4v) is 2.20. The monoisotopic (exact) mass is 218 g/mol. The van der Waals surface area contributed by atoms with Crippen molar-refractivity contribution in [1.82, 2.24) is 4.98 Å². The van der Waals surface area contributed by atoms with Crippen LogP contribution in [0.4, 0.5) is 5.13 Å². The lowest BCUT2D eigenvalue weighted by molar-refractivity contribution is 0.112. The minimum atomic E-state index is -0.276. The largest absolute Gasteiger partial charge is 0.389 e. The van der Waals surface area contributed by atoms with E-state index in [1.54, 1.807) is 0 Å². The van der Waals surface area contributed by atoms with E-state index in [-0.39, 0.29) is 11.3 Å². The van der Waals surface area contributed by atoms with Gasteiger partial charge in [0.2, 0.25) is 0 Å². The van der Waals surface area contributed by atoms with E-state index in [9.17, 15) is 4.79 Å². The van der Waals surface area contributed by atoms with Gasteiger partial charge in [-0.1, -0.05) is 22.9 Å². The molecule has 2 rings (SSSR count). The Labute approximate surface area is 83.8 Å². The molecule has 0 radical (unpaired) electrons. The van der Waals surface area contributed by atoms with Gasteiger partial charge in [-0.2, -0.15) is 0 Å². The summed E-state index contributed by atoms with van der Waals surface area (Å²) in [7, 11) is 0. The number of carbonyl (C=O) groups is 1. The van der Waals surface area contributed by atoms with E-state index < -0.39 is 0 Å². The van der Waals surface area contributed by atoms with Crippen LogP contribution in [0.3, 0.4) is 0 Å². The zero-order valence-electron chi connectivity index (χ0n) is 6.61. The third kappa shape index (κ3) is 1.54. The number of anilines is 1. The highest BCUT2D eigenvalue weighted by Gasteiger charge is 2.27. The van der Waals surface area contributed by atoms with Gasteiger partial charge in [0.05, 0.1) is 6.10 Å². The van der Waals surface area contributed by atoms with Crippen LogP contribution in [0.15, 0.2) is 0 Å². The number of aliphatic hydroxyl groups is 1. The second-order valence-electron chi connectivity index (χ2n) is 2.83. The molecule has 0 bridgehead atoms. The molecule has 13 heavy (non-hydrogen) atoms. The molecule has 70 valence electrons. The maximum atomic E-state index is 10.5. The average molecular weight is 219 g/mol. The highest BCUT2D eigenvalue weighted by Crippen LogP contribution is 2.30. The summed E-state index contributed by atoms with van der Waals surface area (Å²) < 4.78 is 0. The summed E-state index contributed by atoms with van der Waals surface area (Å²) in [5.74, 6) is 0. The van der Waals surface area contributed by atoms with Gasteiger partial charge < -0.3 is 10.0 Å². The second kappa shape index (κ2) is 3.25. The van der Waals surface area contributed by atoms with Crippen molar-refractivity contribution in [3.05, 3.63) is 10.0 Å². The van der Waals surface area contributed by atoms with Crippen LogP contribution in [-0.4, -0.2) is 35.6 Å². The number of nitrogens with zero attached hydrogens (tertiary/aromatic N) is 2. The molecule has 4 nitrogen and oxygen atoms in total. The van der Waals surface area contributed by atoms with Gasteiger partial charge in [-0.3, -0.25) is 4.79 Å². The average Bonchev–Trinajstić information content (AvgIpc) is 2.41. The van der Waals surface area contributed by atoms with Crippen molar-refractivity contribution in [1.29, 1.82) is 0 Å². The fourth-order valence-electron chi connectivity index (χ4n) is 1.12. The van der Waals surface area contributed by atoms with Crippen molar-refractivity contribution < 1.29 is 9.90 Å². The first-order valence-electron chi connectivity index (χ1n) is 3.75. The molecule has 0 saturated carbocycles. The highest BCUT2D eigenvalue weighted by atomic mass is 35.5. The predicted molar refractivity (Wildman–Crippen MR) is 50.7 cm³/mol. The maximum absolute atomic E-state index is 10.5. The number of aliphatic hydroxyl groups excluding tert-OH is 1. The molecular formula is C7H7ClN2O2S. The summed E-state index contributed by atoms with van der Waals surface area (Å²) >= 11 is 6.93. The summed E-state index contributed by atoms with van der Waals surface area (Å²) in [6.45, 7) is 1.14. The molecule has 1 aliphatic heterocycles. The molecule has 1 saturated heterocycles. The van der Waals surface area contributed by atoms with Crippen LogP contribution in [0.1, 0.15) is 9.67 Å². The third-order valence-electron chi connectivity index (χ3n) is 1.84. The van der Waals surface area contributed by atoms with E-state index in [4.69, 9.17) is 16.7 Å². The molecule has 0 unspecified atom stereocenters. The van der Waals surface area contributed by atoms with E-state index in [1.807, 2.05) is 4.90 Å². The topological polar surface area (TPSA) is 53.4 Å². The first-order valence-corrected chi connectivity index (χ1v) is 4.94. The molecule has 1 aromatic rings. The van der Waals surface area contributed by atoms with Gasteiger partial charge in [-0.05, 0) is 0 Å². The smallest absolute Gasteiger partial charge is 0.187 e. The SMILES string of the molecule is O=Cc1sc(N2CC(O)C2)nc1Cl. The highest BCUT2D eigenvalue weighted by molar-refractivity contribution is 7.17. The predicted octanol–water partition coefficient (Wildman–Crippen LogP) is 0.790. The molecule has 1 fully saturated rings. The van der Waals surface area contributed by atoms with E-state index in [0.717, 1.165) is 0 Å². The Bertz CT molecular complexity index is 335. The Morgan fingerprint density at radius 3 is 2.85 bits per heavy atom. The van der Waals surface area contributed by atoms with Crippen LogP contribution in [0.5, 0.6) is 0 Å². The van der Waals surface area contributed by atoms with Gasteiger partial charge in [0.25, 0.3) is 0 Å². The summed E-state index contributed by atoms with van der Waals surface area (Å²) in [5, 5.41) is 10.00. The lowest BCUT2D eigenvalue weighted by atomic mass is 10.2. The number of aldehydes is 1. The Hall–Kier alpha value is -0.650. The molecule has 0 aliphatic carbocycles. The number of hydrogen-bond donors (Lipinski definition) is 1. The molecule has 0 spiro atoms. The van der Waals surface area contributed by atoms with Crippen molar-refractivity contribution in [3.8, 4) is 0 Å². The molecule has 6 heteroatoms. The van der Waals surface area contributed by atoms with Gasteiger partial charge in [-0.15, -0.1) is 0 Å². The van der Waals surface area contributed by atoms with Crippen molar-refractivity contribution in [2.75, 3.05) is 18.0 Å². The van der Waals surface area contributed by atoms with Crippen LogP contribution in [0.25, 0.3) is 0 Å². The fraction of sp³-hybridized carbons (Fsp3) is 0.429. The van der Waals surface area contributed by atoms with E-state index in [2.05, 4.69) is 4.98 Å². The summed E-state index contributed by atoms with van der Waals surface area (Å²) in [4.78, 5) is 16.8. The van der Waals surface area contributed by atoms with E-state index >= 15 is 0 Å². The van der Waals surface area contributed by atoms with Crippen LogP contribution < -0.4 is 4.90 Å². The van der Waals surface area contributed by atoms with Crippen LogP contribution in [-0.2, 0) is 0 Å². The van der Waals surface area contributed by atoms with Crippen LogP contribution >= 0.6 is 22.9 Å². The van der Waals surface area contributed by atoms with Crippen molar-refractivity contribution >= 4 is 34.4 Å². The number of thiazole rings is 1. The second-order valence-corrected chi connectivity index (χ2v) is 4.20. The normalized spacial score (nSPS) is 17.2. The number of carbonyl (C=O) groups excluding carboxylic acids is 1. The van der Waals surface area contributed by atoms with Gasteiger partial charge in [0.1, 0.15) is 4.88 Å². The summed E-state index contributed by atoms with van der Waals surface area (Å²) in [6.07, 6.45) is 0.419. The summed E-state index contributed by atoms with van der Waals surface area (Å²) in [5.41, 5.74) is 0. The summed E-state index contributed by atoms with van der Waals surface area (Å²) in [6, 6.07) is 0. The molecule has 1 aliphatic rings. The number of halogens is 1. The zero-order valence-corrected chi connectivity index (χ0v) is 8.18. The van der Waals surface area contributed by atoms with Gasteiger partial charge in [-0.25, -0.2) is 4.98 Å². The van der Waals surface area contributed by atoms with Gasteiger partial charge in [0, 0.05) is 13.1 Å². The Kier molecular flexibility index (Phi) is 2.23. The van der Waals surface area contributed by atoms with Gasteiger partial charge in [0.15, 0.2) is 16.6 Å². The molecule has 1 N–H and O–H groups in total. The first-order chi connectivity index (χ1) is 6.20. The first kappa shape index (κ1) is 8.93. The molecule has 0 atom stereocenters. The lowest BCUT2D eigenvalue weighted by Gasteiger charge is -2.35. The Balaban J connectivity index is 2.17. The molecule has 2 heterocycles. The van der Waals surface area contributed by atoms with E-state index in [1.165, 1.54) is 11.3 Å². The number of β-amino-alcohol motifs (C(OH)–C–C–N with tert-alkyl or cyclic N) is 1. The maximum Gasteiger partial charge on any atom is 0.187 e. The van der Waals surface area contributed by atoms with Crippen molar-refractivity contribution in [2.45, 2.75) is 6.10 Å². The number of hydrogen-bond acceptors (Lipinski definition) is 5. The molecule has 0 aromatic carbocycles. The van der Waals surface area contributed by atoms with Crippen LogP contribution in [0.2, 0.25) is 5.15 Å². The van der Waals surface area contributed by atoms with Crippen LogP contribution in [0, 0.1) is 0 Å². The quantitative estimate of drug-likeness (QED) is 0.746. The van der Waals surface area contributed by atoms with Gasteiger partial charge >= 0.3 is 0 Å². The molecule has 1 aromatic heterocycles. The lowest BCUT2D eigenvalue weighted by Crippen LogP contribution is -2.50. The minimum Gasteiger partial charge on any atom is -0.389 e. The van der Waals surface area contributed by atoms with Crippen molar-refractivity contribution in [2.24, 2.45) is 0 Å². The number of rotatable bonds is 2. The standard InChI is InChI=1S/C7H7ClN2O2S/c8-6-5(3-11)13-7(9-6)10-1-4(12)2-10/h3-4,12H,1-2H2. The third-order valence-corrected chi connectivity index (χ3v) is 3.28.